The van der Waals surface area contributed by atoms with Crippen molar-refractivity contribution in [1.82, 2.24) is 0 Å². The minimum Gasteiger partial charge on any atom is -0.426 e. The van der Waals surface area contributed by atoms with Gasteiger partial charge >= 0.3 is 8.25 Å². The van der Waals surface area contributed by atoms with Crippen molar-refractivity contribution in [2.24, 2.45) is 0 Å². The van der Waals surface area contributed by atoms with Crippen LogP contribution in [0.2, 0.25) is 0 Å². The van der Waals surface area contributed by atoms with Crippen LogP contribution in [0.3, 0.4) is 0 Å². The van der Waals surface area contributed by atoms with E-state index in [1.807, 2.05) is 0 Å². The summed E-state index contributed by atoms with van der Waals surface area (Å²) in [6.07, 6.45) is 6.46. The molecule has 0 amide bonds. The molecule has 0 aromatic rings. The first-order valence-corrected chi connectivity index (χ1v) is 5.42. The van der Waals surface area contributed by atoms with E-state index in [1.54, 1.807) is 12.2 Å². The van der Waals surface area contributed by atoms with Crippen LogP contribution < -0.4 is 0 Å². The van der Waals surface area contributed by atoms with Crippen molar-refractivity contribution in [3.05, 3.63) is 24.7 Å². The number of hydrogen-bond donors (Lipinski definition) is 2. The topological polar surface area (TPSA) is 76.0 Å². The van der Waals surface area contributed by atoms with E-state index in [0.29, 0.717) is 12.8 Å². The molecule has 2 N–H and O–H groups in total. The van der Waals surface area contributed by atoms with Crippen molar-refractivity contribution < 1.29 is 23.8 Å². The highest BCUT2D eigenvalue weighted by Gasteiger charge is 1.91. The molecule has 0 aliphatic carbocycles. The van der Waals surface area contributed by atoms with Crippen LogP contribution in [-0.4, -0.2) is 23.4 Å². The molecule has 0 rings (SSSR count). The van der Waals surface area contributed by atoms with E-state index in [2.05, 4.69) is 9.05 Å². The quantitative estimate of drug-likeness (QED) is 0.476. The Hall–Kier alpha value is -0.770. The maximum Gasteiger partial charge on any atom is 0.417 e. The van der Waals surface area contributed by atoms with Gasteiger partial charge in [0.2, 0.25) is 0 Å². The second kappa shape index (κ2) is 10.3. The highest BCUT2D eigenvalue weighted by Crippen LogP contribution is 2.24. The van der Waals surface area contributed by atoms with Gasteiger partial charge in [0.05, 0.1) is 12.5 Å². The van der Waals surface area contributed by atoms with Crippen molar-refractivity contribution in [2.45, 2.75) is 12.8 Å². The average molecular weight is 222 g/mol. The highest BCUT2D eigenvalue weighted by molar-refractivity contribution is 7.33. The van der Waals surface area contributed by atoms with Gasteiger partial charge in [0.15, 0.2) is 0 Å². The molecule has 82 valence electrons. The number of aliphatic hydroxyl groups excluding tert-OH is 2. The lowest BCUT2D eigenvalue weighted by atomic mass is 10.5. The van der Waals surface area contributed by atoms with Gasteiger partial charge in [-0.2, -0.15) is 0 Å². The van der Waals surface area contributed by atoms with E-state index in [0.717, 1.165) is 0 Å². The molecule has 0 fully saturated rings. The first kappa shape index (κ1) is 13.2. The lowest BCUT2D eigenvalue weighted by Crippen LogP contribution is -1.77. The first-order valence-electron chi connectivity index (χ1n) is 4.20. The summed E-state index contributed by atoms with van der Waals surface area (Å²) in [7, 11) is -2.54. The van der Waals surface area contributed by atoms with Gasteiger partial charge in [-0.15, -0.1) is 0 Å². The van der Waals surface area contributed by atoms with Crippen LogP contribution in [-0.2, 0) is 13.6 Å². The normalized spacial score (nSPS) is 13.6. The number of hydrogen-bond acceptors (Lipinski definition) is 5. The second-order valence-electron chi connectivity index (χ2n) is 2.25. The Morgan fingerprint density at radius 1 is 1.00 bits per heavy atom. The number of aliphatic hydroxyl groups is 2. The summed E-state index contributed by atoms with van der Waals surface area (Å²) in [6, 6.07) is 0. The molecule has 5 nitrogen and oxygen atoms in total. The molecule has 0 atom stereocenters. The van der Waals surface area contributed by atoms with Crippen LogP contribution in [0.1, 0.15) is 12.8 Å². The third-order valence-electron chi connectivity index (χ3n) is 1.11. The molecule has 0 aromatic carbocycles. The Kier molecular flexibility index (Phi) is 9.74. The van der Waals surface area contributed by atoms with Crippen LogP contribution in [0, 0.1) is 0 Å². The zero-order valence-corrected chi connectivity index (χ0v) is 8.76. The summed E-state index contributed by atoms with van der Waals surface area (Å²) in [5, 5.41) is 16.8. The monoisotopic (exact) mass is 222 g/mol. The van der Waals surface area contributed by atoms with Gasteiger partial charge in [0.25, 0.3) is 0 Å². The summed E-state index contributed by atoms with van der Waals surface area (Å²) in [5.74, 6) is 0. The van der Waals surface area contributed by atoms with E-state index in [4.69, 9.17) is 10.2 Å². The van der Waals surface area contributed by atoms with Crippen LogP contribution in [0.5, 0.6) is 0 Å². The van der Waals surface area contributed by atoms with Gasteiger partial charge < -0.3 is 19.3 Å². The summed E-state index contributed by atoms with van der Waals surface area (Å²) in [4.78, 5) is 0. The summed E-state index contributed by atoms with van der Waals surface area (Å²) in [6.45, 7) is 0.0517. The Morgan fingerprint density at radius 3 is 1.79 bits per heavy atom. The van der Waals surface area contributed by atoms with Crippen molar-refractivity contribution >= 4 is 8.25 Å². The largest absolute Gasteiger partial charge is 0.426 e. The molecule has 14 heavy (non-hydrogen) atoms. The Bertz CT molecular complexity index is 182. The fraction of sp³-hybridized carbons (Fsp3) is 0.500. The van der Waals surface area contributed by atoms with Crippen LogP contribution in [0.4, 0.5) is 0 Å². The molecular weight excluding hydrogens is 207 g/mol. The van der Waals surface area contributed by atoms with Gasteiger partial charge in [-0.1, -0.05) is 0 Å². The van der Waals surface area contributed by atoms with E-state index in [1.165, 1.54) is 12.5 Å². The van der Waals surface area contributed by atoms with Crippen LogP contribution in [0.15, 0.2) is 24.7 Å². The Morgan fingerprint density at radius 2 is 1.43 bits per heavy atom. The predicted octanol–water partition coefficient (Wildman–Crippen LogP) is 1.20. The SMILES string of the molecule is O=[PH](OC=CCCO)OC=CCCO. The van der Waals surface area contributed by atoms with E-state index in [-0.39, 0.29) is 13.2 Å². The molecule has 0 unspecified atom stereocenters. The van der Waals surface area contributed by atoms with Crippen molar-refractivity contribution in [1.29, 1.82) is 0 Å². The zero-order chi connectivity index (χ0) is 10.6. The standard InChI is InChI=1S/C8H15O5P/c9-5-1-3-7-12-14(11)13-8-4-2-6-10/h3-4,7-10,14H,1-2,5-6H2. The Balaban J connectivity index is 3.45. The second-order valence-corrected chi connectivity index (χ2v) is 3.23. The molecule has 0 aliphatic heterocycles. The van der Waals surface area contributed by atoms with Crippen LogP contribution >= 0.6 is 8.25 Å². The summed E-state index contributed by atoms with van der Waals surface area (Å²) >= 11 is 0. The van der Waals surface area contributed by atoms with Crippen molar-refractivity contribution in [3.8, 4) is 0 Å². The molecule has 0 radical (unpaired) electrons. The molecule has 0 aliphatic rings. The molecule has 0 bridgehead atoms. The molecule has 0 aromatic heterocycles. The number of rotatable bonds is 8. The molecule has 0 heterocycles. The summed E-state index contributed by atoms with van der Waals surface area (Å²) < 4.78 is 20.2. The third-order valence-corrected chi connectivity index (χ3v) is 1.77. The lowest BCUT2D eigenvalue weighted by molar-refractivity contribution is 0.299. The van der Waals surface area contributed by atoms with Crippen LogP contribution in [0.25, 0.3) is 0 Å². The third kappa shape index (κ3) is 9.32. The molecule has 6 heteroatoms. The smallest absolute Gasteiger partial charge is 0.417 e. The first-order chi connectivity index (χ1) is 6.81. The van der Waals surface area contributed by atoms with Gasteiger partial charge in [-0.3, -0.25) is 0 Å². The maximum absolute atomic E-state index is 10.9. The Labute approximate surface area is 83.6 Å². The fourth-order valence-corrected chi connectivity index (χ4v) is 0.990. The fourth-order valence-electron chi connectivity index (χ4n) is 0.520. The van der Waals surface area contributed by atoms with Crippen molar-refractivity contribution in [2.75, 3.05) is 13.2 Å². The summed E-state index contributed by atoms with van der Waals surface area (Å²) in [5.41, 5.74) is 0. The van der Waals surface area contributed by atoms with Gasteiger partial charge in [0, 0.05) is 13.2 Å². The van der Waals surface area contributed by atoms with Gasteiger partial charge in [-0.25, -0.2) is 4.57 Å². The van der Waals surface area contributed by atoms with E-state index >= 15 is 0 Å². The predicted molar refractivity (Wildman–Crippen MR) is 52.9 cm³/mol. The van der Waals surface area contributed by atoms with Gasteiger partial charge in [0.1, 0.15) is 0 Å². The molecule has 0 saturated heterocycles. The minimum atomic E-state index is -2.54. The zero-order valence-electron chi connectivity index (χ0n) is 7.76. The van der Waals surface area contributed by atoms with E-state index < -0.39 is 8.25 Å². The molecular formula is C8H15O5P. The average Bonchev–Trinajstić information content (AvgIpc) is 2.19. The maximum atomic E-state index is 10.9. The molecule has 0 spiro atoms. The molecule has 0 saturated carbocycles. The van der Waals surface area contributed by atoms with Gasteiger partial charge in [-0.05, 0) is 25.0 Å². The minimum absolute atomic E-state index is 0.0258. The van der Waals surface area contributed by atoms with Crippen molar-refractivity contribution in [3.63, 3.8) is 0 Å². The van der Waals surface area contributed by atoms with E-state index in [9.17, 15) is 4.57 Å². The highest BCUT2D eigenvalue weighted by atomic mass is 31.1. The lowest BCUT2D eigenvalue weighted by Gasteiger charge is -1.98.